The van der Waals surface area contributed by atoms with E-state index in [-0.39, 0.29) is 18.2 Å². The number of alkyl carbamates (subject to hydrolysis) is 1. The van der Waals surface area contributed by atoms with Gasteiger partial charge >= 0.3 is 6.09 Å². The van der Waals surface area contributed by atoms with Gasteiger partial charge in [0.2, 0.25) is 0 Å². The van der Waals surface area contributed by atoms with Gasteiger partial charge in [-0.1, -0.05) is 11.6 Å². The fraction of sp³-hybridized carbons (Fsp3) is 0.500. The number of halogens is 1. The minimum Gasteiger partial charge on any atom is -0.441 e. The number of nitrogens with one attached hydrogen (secondary N) is 3. The van der Waals surface area contributed by atoms with Gasteiger partial charge in [0.25, 0.3) is 0 Å². The van der Waals surface area contributed by atoms with E-state index < -0.39 is 12.2 Å². The highest BCUT2D eigenvalue weighted by molar-refractivity contribution is 7.80. The van der Waals surface area contributed by atoms with Crippen LogP contribution in [0.1, 0.15) is 6.92 Å². The van der Waals surface area contributed by atoms with Crippen molar-refractivity contribution in [1.29, 1.82) is 0 Å². The number of carbonyl (C=O) groups is 1. The maximum atomic E-state index is 11.6. The number of hydrogen-bond donors (Lipinski definition) is 3. The van der Waals surface area contributed by atoms with Gasteiger partial charge in [-0.2, -0.15) is 0 Å². The monoisotopic (exact) mass is 385 g/mol. The number of amides is 1. The van der Waals surface area contributed by atoms with E-state index in [4.69, 9.17) is 38.0 Å². The lowest BCUT2D eigenvalue weighted by Gasteiger charge is -2.20. The molecule has 3 N–H and O–H groups in total. The van der Waals surface area contributed by atoms with Crippen molar-refractivity contribution >= 4 is 40.7 Å². The van der Waals surface area contributed by atoms with Crippen molar-refractivity contribution in [2.75, 3.05) is 25.1 Å². The highest BCUT2D eigenvalue weighted by Gasteiger charge is 2.49. The number of benzene rings is 1. The molecule has 9 heteroatoms. The number of anilines is 1. The van der Waals surface area contributed by atoms with Gasteiger partial charge in [0.1, 0.15) is 12.2 Å². The zero-order valence-electron chi connectivity index (χ0n) is 13.7. The number of rotatable bonds is 4. The van der Waals surface area contributed by atoms with Gasteiger partial charge in [-0.15, -0.1) is 0 Å². The fourth-order valence-corrected chi connectivity index (χ4v) is 3.28. The second-order valence-corrected chi connectivity index (χ2v) is 6.63. The summed E-state index contributed by atoms with van der Waals surface area (Å²) in [7, 11) is 0. The summed E-state index contributed by atoms with van der Waals surface area (Å²) in [5, 5.41) is 10.0. The van der Waals surface area contributed by atoms with Crippen molar-refractivity contribution in [3.63, 3.8) is 0 Å². The van der Waals surface area contributed by atoms with E-state index in [2.05, 4.69) is 16.0 Å². The zero-order chi connectivity index (χ0) is 17.8. The van der Waals surface area contributed by atoms with Crippen LogP contribution in [0.5, 0.6) is 0 Å². The molecular weight excluding hydrogens is 366 g/mol. The molecule has 2 saturated heterocycles. The molecule has 1 aromatic carbocycles. The van der Waals surface area contributed by atoms with Crippen molar-refractivity contribution < 1.29 is 19.0 Å². The van der Waals surface area contributed by atoms with Crippen LogP contribution in [0.2, 0.25) is 5.02 Å². The minimum absolute atomic E-state index is 0.111. The zero-order valence-corrected chi connectivity index (χ0v) is 15.2. The number of hydrogen-bond acceptors (Lipinski definition) is 5. The number of fused-ring (bicyclic) bond motifs is 1. The smallest absolute Gasteiger partial charge is 0.407 e. The van der Waals surface area contributed by atoms with Gasteiger partial charge in [0.15, 0.2) is 11.2 Å². The van der Waals surface area contributed by atoms with Crippen LogP contribution >= 0.6 is 23.8 Å². The largest absolute Gasteiger partial charge is 0.441 e. The molecule has 0 saturated carbocycles. The highest BCUT2D eigenvalue weighted by atomic mass is 35.5. The molecule has 2 fully saturated rings. The van der Waals surface area contributed by atoms with Crippen molar-refractivity contribution in [3.8, 4) is 0 Å². The third-order valence-corrected chi connectivity index (χ3v) is 4.48. The number of ether oxygens (including phenoxy) is 3. The lowest BCUT2D eigenvalue weighted by Crippen LogP contribution is -2.46. The summed E-state index contributed by atoms with van der Waals surface area (Å²) in [4.78, 5) is 11.6. The van der Waals surface area contributed by atoms with E-state index in [0.717, 1.165) is 5.69 Å². The van der Waals surface area contributed by atoms with Crippen LogP contribution in [0.3, 0.4) is 0 Å². The van der Waals surface area contributed by atoms with Crippen LogP contribution in [0.4, 0.5) is 10.5 Å². The van der Waals surface area contributed by atoms with E-state index in [1.807, 2.05) is 19.1 Å². The summed E-state index contributed by atoms with van der Waals surface area (Å²) in [5.41, 5.74) is 0.835. The van der Waals surface area contributed by atoms with Crippen molar-refractivity contribution in [2.24, 2.45) is 0 Å². The van der Waals surface area contributed by atoms with Crippen LogP contribution in [0, 0.1) is 0 Å². The van der Waals surface area contributed by atoms with Crippen LogP contribution < -0.4 is 16.0 Å². The molecule has 1 aromatic rings. The van der Waals surface area contributed by atoms with Gasteiger partial charge < -0.3 is 30.2 Å². The Labute approximate surface area is 156 Å². The molecule has 4 atom stereocenters. The molecule has 2 aliphatic rings. The maximum absolute atomic E-state index is 11.6. The standard InChI is InChI=1S/C16H20ClN3O4S/c1-2-18-16(21)24-12-8-23-13-11(7-22-14(12)13)20-15(25)19-10-5-3-9(17)4-6-10/h3-6,11-14H,2,7-8H2,1H3,(H,18,21)(H2,19,20,25)/t11-,12+,13+,14+/m0/s1. The van der Waals surface area contributed by atoms with Crippen molar-refractivity contribution in [3.05, 3.63) is 29.3 Å². The quantitative estimate of drug-likeness (QED) is 0.683. The van der Waals surface area contributed by atoms with Crippen LogP contribution in [0.25, 0.3) is 0 Å². The van der Waals surface area contributed by atoms with Crippen LogP contribution in [-0.2, 0) is 14.2 Å². The molecule has 0 spiro atoms. The Morgan fingerprint density at radius 3 is 2.72 bits per heavy atom. The Kier molecular flexibility index (Phi) is 5.95. The molecule has 0 unspecified atom stereocenters. The van der Waals surface area contributed by atoms with Gasteiger partial charge in [-0.3, -0.25) is 0 Å². The summed E-state index contributed by atoms with van der Waals surface area (Å²) in [6.07, 6.45) is -1.39. The Hall–Kier alpha value is -1.61. The van der Waals surface area contributed by atoms with Crippen molar-refractivity contribution in [2.45, 2.75) is 31.3 Å². The van der Waals surface area contributed by atoms with Gasteiger partial charge in [-0.05, 0) is 43.4 Å². The predicted molar refractivity (Wildman–Crippen MR) is 98.0 cm³/mol. The van der Waals surface area contributed by atoms with Crippen molar-refractivity contribution in [1.82, 2.24) is 10.6 Å². The van der Waals surface area contributed by atoms with E-state index in [1.54, 1.807) is 12.1 Å². The molecule has 3 rings (SSSR count). The third-order valence-electron chi connectivity index (χ3n) is 4.01. The van der Waals surface area contributed by atoms with E-state index in [1.165, 1.54) is 0 Å². The first kappa shape index (κ1) is 18.2. The average Bonchev–Trinajstić information content (AvgIpc) is 3.14. The first-order chi connectivity index (χ1) is 12.1. The molecule has 0 radical (unpaired) electrons. The Bertz CT molecular complexity index is 630. The average molecular weight is 386 g/mol. The van der Waals surface area contributed by atoms with Crippen LogP contribution in [0.15, 0.2) is 24.3 Å². The number of thiocarbonyl (C=S) groups is 1. The van der Waals surface area contributed by atoms with Crippen LogP contribution in [-0.4, -0.2) is 55.3 Å². The first-order valence-electron chi connectivity index (χ1n) is 8.07. The lowest BCUT2D eigenvalue weighted by molar-refractivity contribution is 0.00425. The molecule has 0 aromatic heterocycles. The highest BCUT2D eigenvalue weighted by Crippen LogP contribution is 2.29. The fourth-order valence-electron chi connectivity index (χ4n) is 2.88. The maximum Gasteiger partial charge on any atom is 0.407 e. The van der Waals surface area contributed by atoms with Gasteiger partial charge in [0.05, 0.1) is 19.3 Å². The Morgan fingerprint density at radius 2 is 2.00 bits per heavy atom. The summed E-state index contributed by atoms with van der Waals surface area (Å²) in [5.74, 6) is 0. The van der Waals surface area contributed by atoms with E-state index in [0.29, 0.717) is 29.9 Å². The summed E-state index contributed by atoms with van der Waals surface area (Å²) < 4.78 is 16.8. The summed E-state index contributed by atoms with van der Waals surface area (Å²) in [6, 6.07) is 7.13. The van der Waals surface area contributed by atoms with E-state index in [9.17, 15) is 4.79 Å². The Morgan fingerprint density at radius 1 is 1.28 bits per heavy atom. The molecule has 0 aliphatic carbocycles. The molecule has 2 aliphatic heterocycles. The topological polar surface area (TPSA) is 80.9 Å². The molecule has 7 nitrogen and oxygen atoms in total. The normalized spacial score (nSPS) is 27.4. The summed E-state index contributed by atoms with van der Waals surface area (Å²) in [6.45, 7) is 3.07. The minimum atomic E-state index is -0.461. The predicted octanol–water partition coefficient (Wildman–Crippen LogP) is 1.91. The molecule has 1 amide bonds. The molecular formula is C16H20ClN3O4S. The third kappa shape index (κ3) is 4.52. The lowest BCUT2D eigenvalue weighted by atomic mass is 10.1. The SMILES string of the molecule is CCNC(=O)O[C@@H]1CO[C@H]2[C@@H]1OC[C@@H]2NC(=S)Nc1ccc(Cl)cc1. The number of carbonyl (C=O) groups excluding carboxylic acids is 1. The first-order valence-corrected chi connectivity index (χ1v) is 8.86. The molecule has 2 heterocycles. The second-order valence-electron chi connectivity index (χ2n) is 5.78. The molecule has 0 bridgehead atoms. The Balaban J connectivity index is 1.51. The van der Waals surface area contributed by atoms with Gasteiger partial charge in [0, 0.05) is 17.3 Å². The molecule has 25 heavy (non-hydrogen) atoms. The van der Waals surface area contributed by atoms with Gasteiger partial charge in [-0.25, -0.2) is 4.79 Å². The van der Waals surface area contributed by atoms with E-state index >= 15 is 0 Å². The second kappa shape index (κ2) is 8.18. The molecule has 136 valence electrons. The summed E-state index contributed by atoms with van der Waals surface area (Å²) >= 11 is 11.2.